The molecule has 0 spiro atoms. The summed E-state index contributed by atoms with van der Waals surface area (Å²) in [4.78, 5) is 19.3. The van der Waals surface area contributed by atoms with E-state index in [0.717, 1.165) is 11.3 Å². The van der Waals surface area contributed by atoms with Crippen molar-refractivity contribution in [2.45, 2.75) is 6.92 Å². The summed E-state index contributed by atoms with van der Waals surface area (Å²) in [5.41, 5.74) is 1.69. The maximum atomic E-state index is 12.5. The number of nitrogens with zero attached hydrogens (tertiary/aromatic N) is 2. The molecule has 0 radical (unpaired) electrons. The first kappa shape index (κ1) is 18.1. The van der Waals surface area contributed by atoms with E-state index < -0.39 is 0 Å². The third-order valence-electron chi connectivity index (χ3n) is 3.77. The molecule has 1 aliphatic rings. The van der Waals surface area contributed by atoms with E-state index in [9.17, 15) is 4.79 Å². The van der Waals surface area contributed by atoms with Crippen LogP contribution in [0.2, 0.25) is 0 Å². The van der Waals surface area contributed by atoms with Gasteiger partial charge in [0.1, 0.15) is 0 Å². The summed E-state index contributed by atoms with van der Waals surface area (Å²) in [5.74, 6) is 1.26. The summed E-state index contributed by atoms with van der Waals surface area (Å²) >= 11 is 1.36. The molecule has 3 rings (SSSR count). The van der Waals surface area contributed by atoms with E-state index in [2.05, 4.69) is 4.99 Å². The predicted octanol–water partition coefficient (Wildman–Crippen LogP) is 4.33. The van der Waals surface area contributed by atoms with Crippen LogP contribution >= 0.6 is 11.8 Å². The van der Waals surface area contributed by atoms with Crippen LogP contribution in [0.15, 0.2) is 58.4 Å². The molecule has 0 atom stereocenters. The maximum Gasteiger partial charge on any atom is 0.266 e. The Morgan fingerprint density at radius 2 is 1.92 bits per heavy atom. The molecule has 1 fully saturated rings. The lowest BCUT2D eigenvalue weighted by Crippen LogP contribution is -2.23. The molecule has 0 aliphatic carbocycles. The van der Waals surface area contributed by atoms with E-state index in [4.69, 9.17) is 9.47 Å². The SMILES string of the molecule is CCOc1ccc(/C=C2\SC(=Nc3ccccc3)N(C)C2=O)cc1OC. The molecule has 5 nitrogen and oxygen atoms in total. The highest BCUT2D eigenvalue weighted by Crippen LogP contribution is 2.35. The number of carbonyl (C=O) groups excluding carboxylic acids is 1. The smallest absolute Gasteiger partial charge is 0.266 e. The van der Waals surface area contributed by atoms with Crippen LogP contribution < -0.4 is 9.47 Å². The molecule has 2 aromatic rings. The van der Waals surface area contributed by atoms with E-state index >= 15 is 0 Å². The molecule has 2 aromatic carbocycles. The zero-order valence-corrected chi connectivity index (χ0v) is 15.7. The molecular weight excluding hydrogens is 348 g/mol. The van der Waals surface area contributed by atoms with Crippen molar-refractivity contribution in [2.24, 2.45) is 4.99 Å². The fourth-order valence-electron chi connectivity index (χ4n) is 2.46. The highest BCUT2D eigenvalue weighted by molar-refractivity contribution is 8.18. The monoisotopic (exact) mass is 368 g/mol. The summed E-state index contributed by atoms with van der Waals surface area (Å²) in [6.07, 6.45) is 1.84. The second kappa shape index (κ2) is 8.10. The molecule has 0 N–H and O–H groups in total. The van der Waals surface area contributed by atoms with Crippen LogP contribution in [0.1, 0.15) is 12.5 Å². The molecule has 1 heterocycles. The number of amidine groups is 1. The van der Waals surface area contributed by atoms with Crippen LogP contribution in [0.5, 0.6) is 11.5 Å². The van der Waals surface area contributed by atoms with Gasteiger partial charge in [0.25, 0.3) is 5.91 Å². The molecule has 26 heavy (non-hydrogen) atoms. The topological polar surface area (TPSA) is 51.1 Å². The van der Waals surface area contributed by atoms with Crippen LogP contribution in [0.25, 0.3) is 6.08 Å². The normalized spacial score (nSPS) is 17.2. The molecule has 1 saturated heterocycles. The Kier molecular flexibility index (Phi) is 5.63. The third-order valence-corrected chi connectivity index (χ3v) is 4.83. The summed E-state index contributed by atoms with van der Waals surface area (Å²) in [6, 6.07) is 15.2. The van der Waals surface area contributed by atoms with Gasteiger partial charge in [-0.2, -0.15) is 0 Å². The number of ether oxygens (including phenoxy) is 2. The van der Waals surface area contributed by atoms with Gasteiger partial charge in [-0.3, -0.25) is 9.69 Å². The third kappa shape index (κ3) is 3.91. The van der Waals surface area contributed by atoms with Gasteiger partial charge in [-0.1, -0.05) is 24.3 Å². The molecule has 1 aliphatic heterocycles. The van der Waals surface area contributed by atoms with Crippen LogP contribution in [0, 0.1) is 0 Å². The van der Waals surface area contributed by atoms with Crippen LogP contribution in [-0.4, -0.2) is 36.7 Å². The van der Waals surface area contributed by atoms with Crippen molar-refractivity contribution in [1.29, 1.82) is 0 Å². The van der Waals surface area contributed by atoms with Crippen molar-refractivity contribution in [3.63, 3.8) is 0 Å². The van der Waals surface area contributed by atoms with Crippen LogP contribution in [-0.2, 0) is 4.79 Å². The lowest BCUT2D eigenvalue weighted by atomic mass is 10.2. The van der Waals surface area contributed by atoms with Gasteiger partial charge in [0.05, 0.1) is 24.3 Å². The number of amides is 1. The van der Waals surface area contributed by atoms with Crippen LogP contribution in [0.4, 0.5) is 5.69 Å². The molecular formula is C20H20N2O3S. The van der Waals surface area contributed by atoms with E-state index in [1.54, 1.807) is 19.1 Å². The minimum absolute atomic E-state index is 0.0717. The number of rotatable bonds is 5. The average Bonchev–Trinajstić information content (AvgIpc) is 2.92. The molecule has 0 aromatic heterocycles. The van der Waals surface area contributed by atoms with Gasteiger partial charge in [0.2, 0.25) is 0 Å². The second-order valence-electron chi connectivity index (χ2n) is 5.55. The Hall–Kier alpha value is -2.73. The molecule has 6 heteroatoms. The van der Waals surface area contributed by atoms with Gasteiger partial charge in [-0.25, -0.2) is 4.99 Å². The first-order valence-electron chi connectivity index (χ1n) is 8.24. The van der Waals surface area contributed by atoms with Crippen molar-refractivity contribution < 1.29 is 14.3 Å². The van der Waals surface area contributed by atoms with Crippen molar-refractivity contribution in [3.05, 3.63) is 59.0 Å². The predicted molar refractivity (Wildman–Crippen MR) is 106 cm³/mol. The number of para-hydroxylation sites is 1. The number of hydrogen-bond donors (Lipinski definition) is 0. The molecule has 134 valence electrons. The van der Waals surface area contributed by atoms with Crippen molar-refractivity contribution in [1.82, 2.24) is 4.90 Å². The minimum Gasteiger partial charge on any atom is -0.493 e. The second-order valence-corrected chi connectivity index (χ2v) is 6.56. The van der Waals surface area contributed by atoms with Gasteiger partial charge in [0, 0.05) is 7.05 Å². The van der Waals surface area contributed by atoms with Gasteiger partial charge < -0.3 is 9.47 Å². The van der Waals surface area contributed by atoms with Gasteiger partial charge in [-0.15, -0.1) is 0 Å². The minimum atomic E-state index is -0.0717. The zero-order valence-electron chi connectivity index (χ0n) is 14.9. The average molecular weight is 368 g/mol. The summed E-state index contributed by atoms with van der Waals surface area (Å²) in [7, 11) is 3.33. The van der Waals surface area contributed by atoms with Crippen molar-refractivity contribution in [2.75, 3.05) is 20.8 Å². The molecule has 1 amide bonds. The van der Waals surface area contributed by atoms with E-state index in [1.165, 1.54) is 11.8 Å². The molecule has 0 saturated carbocycles. The first-order valence-corrected chi connectivity index (χ1v) is 9.06. The quantitative estimate of drug-likeness (QED) is 0.737. The summed E-state index contributed by atoms with van der Waals surface area (Å²) in [5, 5.41) is 0.658. The Bertz CT molecular complexity index is 863. The Morgan fingerprint density at radius 3 is 2.62 bits per heavy atom. The fourth-order valence-corrected chi connectivity index (χ4v) is 3.45. The Morgan fingerprint density at radius 1 is 1.15 bits per heavy atom. The highest BCUT2D eigenvalue weighted by atomic mass is 32.2. The van der Waals surface area contributed by atoms with Crippen molar-refractivity contribution in [3.8, 4) is 11.5 Å². The fraction of sp³-hybridized carbons (Fsp3) is 0.200. The number of carbonyl (C=O) groups is 1. The Labute approximate surface area is 157 Å². The van der Waals surface area contributed by atoms with E-state index in [1.807, 2.05) is 61.5 Å². The lowest BCUT2D eigenvalue weighted by molar-refractivity contribution is -0.121. The van der Waals surface area contributed by atoms with Gasteiger partial charge in [0.15, 0.2) is 16.7 Å². The first-order chi connectivity index (χ1) is 12.6. The van der Waals surface area contributed by atoms with Crippen LogP contribution in [0.3, 0.4) is 0 Å². The summed E-state index contributed by atoms with van der Waals surface area (Å²) < 4.78 is 10.9. The molecule has 0 bridgehead atoms. The van der Waals surface area contributed by atoms with E-state index in [0.29, 0.717) is 28.2 Å². The number of methoxy groups -OCH3 is 1. The van der Waals surface area contributed by atoms with E-state index in [-0.39, 0.29) is 5.91 Å². The lowest BCUT2D eigenvalue weighted by Gasteiger charge is -2.09. The highest BCUT2D eigenvalue weighted by Gasteiger charge is 2.30. The van der Waals surface area contributed by atoms with Crippen molar-refractivity contribution >= 4 is 34.6 Å². The summed E-state index contributed by atoms with van der Waals surface area (Å²) in [6.45, 7) is 2.49. The standard InChI is InChI=1S/C20H20N2O3S/c1-4-25-16-11-10-14(12-17(16)24-3)13-18-19(23)22(2)20(26-18)21-15-8-6-5-7-9-15/h5-13H,4H2,1-3H3/b18-13-,21-20?. The largest absolute Gasteiger partial charge is 0.493 e. The number of thioether (sulfide) groups is 1. The maximum absolute atomic E-state index is 12.5. The number of hydrogen-bond acceptors (Lipinski definition) is 5. The zero-order chi connectivity index (χ0) is 18.5. The van der Waals surface area contributed by atoms with Gasteiger partial charge >= 0.3 is 0 Å². The number of aliphatic imine (C=N–C) groups is 1. The van der Waals surface area contributed by atoms with Gasteiger partial charge in [-0.05, 0) is 54.6 Å². The molecule has 0 unspecified atom stereocenters. The Balaban J connectivity index is 1.87. The number of benzene rings is 2. The number of likely N-dealkylation sites (N-methyl/N-ethyl adjacent to an activating group) is 1.